The summed E-state index contributed by atoms with van der Waals surface area (Å²) in [6.45, 7) is 3.43. The fraction of sp³-hybridized carbons (Fsp3) is 0.308. The molecule has 0 spiro atoms. The maximum atomic E-state index is 13.3. The molecule has 0 N–H and O–H groups in total. The van der Waals surface area contributed by atoms with Gasteiger partial charge < -0.3 is 9.47 Å². The molecule has 8 heteroatoms. The van der Waals surface area contributed by atoms with E-state index in [9.17, 15) is 8.42 Å². The number of ether oxygens (including phenoxy) is 2. The van der Waals surface area contributed by atoms with Gasteiger partial charge in [0.05, 0.1) is 34.9 Å². The van der Waals surface area contributed by atoms with E-state index in [1.54, 1.807) is 0 Å². The first-order chi connectivity index (χ1) is 16.5. The number of hydrogen-bond donors (Lipinski definition) is 0. The van der Waals surface area contributed by atoms with Crippen LogP contribution in [0.2, 0.25) is 0 Å². The predicted octanol–water partition coefficient (Wildman–Crippen LogP) is 3.74. The minimum Gasteiger partial charge on any atom is -0.487 e. The van der Waals surface area contributed by atoms with E-state index < -0.39 is 10.0 Å². The molecule has 0 unspecified atom stereocenters. The van der Waals surface area contributed by atoms with Gasteiger partial charge in [0.15, 0.2) is 0 Å². The Bertz CT molecular complexity index is 1350. The van der Waals surface area contributed by atoms with Crippen molar-refractivity contribution >= 4 is 10.0 Å². The molecule has 0 fully saturated rings. The van der Waals surface area contributed by atoms with Gasteiger partial charge in [-0.05, 0) is 60.0 Å². The molecule has 7 nitrogen and oxygen atoms in total. The predicted molar refractivity (Wildman–Crippen MR) is 125 cm³/mol. The first-order valence-corrected chi connectivity index (χ1v) is 12.7. The van der Waals surface area contributed by atoms with Gasteiger partial charge in [0.25, 0.3) is 0 Å². The van der Waals surface area contributed by atoms with Crippen LogP contribution in [-0.2, 0) is 47.4 Å². The van der Waals surface area contributed by atoms with Crippen LogP contribution in [0.1, 0.15) is 40.6 Å². The second-order valence-corrected chi connectivity index (χ2v) is 10.5. The smallest absolute Gasteiger partial charge is 0.243 e. The molecule has 3 heterocycles. The van der Waals surface area contributed by atoms with Gasteiger partial charge in [-0.2, -0.15) is 9.57 Å². The molecule has 2 aromatic carbocycles. The normalized spacial score (nSPS) is 17.9. The number of aromatic nitrogens is 1. The number of sulfonamides is 1. The summed E-state index contributed by atoms with van der Waals surface area (Å²) in [4.78, 5) is 5.14. The Morgan fingerprint density at radius 3 is 2.62 bits per heavy atom. The van der Waals surface area contributed by atoms with Gasteiger partial charge in [0.1, 0.15) is 12.4 Å². The molecule has 0 saturated heterocycles. The molecule has 0 bridgehead atoms. The molecular weight excluding hydrogens is 450 g/mol. The van der Waals surface area contributed by atoms with Gasteiger partial charge in [-0.3, -0.25) is 4.98 Å². The Balaban J connectivity index is 1.46. The number of benzene rings is 2. The zero-order valence-electron chi connectivity index (χ0n) is 18.9. The molecular formula is C26H25N3O4S. The first kappa shape index (κ1) is 22.5. The Labute approximate surface area is 199 Å². The van der Waals surface area contributed by atoms with Crippen molar-refractivity contribution in [2.24, 2.45) is 0 Å². The highest BCUT2D eigenvalue weighted by molar-refractivity contribution is 7.89. The molecule has 174 valence electrons. The number of hydrogen-bond acceptors (Lipinski definition) is 6. The van der Waals surface area contributed by atoms with E-state index in [0.717, 1.165) is 33.8 Å². The number of pyridine rings is 1. The van der Waals surface area contributed by atoms with Gasteiger partial charge in [0.2, 0.25) is 10.0 Å². The Kier molecular flexibility index (Phi) is 6.09. The lowest BCUT2D eigenvalue weighted by molar-refractivity contribution is 0.0391. The molecule has 0 amide bonds. The summed E-state index contributed by atoms with van der Waals surface area (Å²) in [5, 5.41) is 9.01. The minimum atomic E-state index is -3.69. The van der Waals surface area contributed by atoms with E-state index in [1.807, 2.05) is 43.3 Å². The van der Waals surface area contributed by atoms with Crippen LogP contribution in [0.25, 0.3) is 0 Å². The summed E-state index contributed by atoms with van der Waals surface area (Å²) in [5.74, 6) is 0.788. The summed E-state index contributed by atoms with van der Waals surface area (Å²) in [5.41, 5.74) is 5.32. The fourth-order valence-corrected chi connectivity index (χ4v) is 5.95. The number of nitrogens with zero attached hydrogens (tertiary/aromatic N) is 3. The standard InChI is InChI=1S/C26H25N3O4S/c1-18-13-22-24(16-32-18)23-15-29(34(30,31)21-9-7-19(14-27)8-10-21)12-11-25(23)28-26(22)17-33-20-5-3-2-4-6-20/h2-10,18H,11-13,15-17H2,1H3/t18-/m0/s1. The summed E-state index contributed by atoms with van der Waals surface area (Å²) in [6.07, 6.45) is 1.29. The van der Waals surface area contributed by atoms with Gasteiger partial charge in [-0.15, -0.1) is 0 Å². The lowest BCUT2D eigenvalue weighted by atomic mass is 9.91. The largest absolute Gasteiger partial charge is 0.487 e. The topological polar surface area (TPSA) is 92.5 Å². The van der Waals surface area contributed by atoms with E-state index in [-0.39, 0.29) is 17.5 Å². The van der Waals surface area contributed by atoms with Crippen LogP contribution in [0.5, 0.6) is 5.75 Å². The van der Waals surface area contributed by atoms with E-state index in [1.165, 1.54) is 28.6 Å². The maximum absolute atomic E-state index is 13.3. The van der Waals surface area contributed by atoms with E-state index in [4.69, 9.17) is 19.7 Å². The van der Waals surface area contributed by atoms with Crippen LogP contribution in [0, 0.1) is 11.3 Å². The van der Waals surface area contributed by atoms with Crippen molar-refractivity contribution in [3.05, 3.63) is 88.2 Å². The van der Waals surface area contributed by atoms with E-state index in [0.29, 0.717) is 38.2 Å². The fourth-order valence-electron chi connectivity index (χ4n) is 4.54. The van der Waals surface area contributed by atoms with Gasteiger partial charge >= 0.3 is 0 Å². The van der Waals surface area contributed by atoms with Crippen molar-refractivity contribution in [1.82, 2.24) is 9.29 Å². The molecule has 2 aliphatic rings. The Hall–Kier alpha value is -3.25. The summed E-state index contributed by atoms with van der Waals surface area (Å²) in [6, 6.07) is 17.7. The molecule has 1 atom stereocenters. The zero-order valence-corrected chi connectivity index (χ0v) is 19.7. The molecule has 0 aliphatic carbocycles. The number of fused-ring (bicyclic) bond motifs is 3. The second kappa shape index (κ2) is 9.18. The highest BCUT2D eigenvalue weighted by Crippen LogP contribution is 2.33. The Morgan fingerprint density at radius 1 is 1.12 bits per heavy atom. The highest BCUT2D eigenvalue weighted by Gasteiger charge is 2.33. The van der Waals surface area contributed by atoms with Crippen LogP contribution in [0.15, 0.2) is 59.5 Å². The van der Waals surface area contributed by atoms with E-state index >= 15 is 0 Å². The monoisotopic (exact) mass is 475 g/mol. The SMILES string of the molecule is C[C@H]1Cc2c(COc3ccccc3)nc3c(c2CO1)CN(S(=O)(=O)c1ccc(C#N)cc1)CC3. The average Bonchev–Trinajstić information content (AvgIpc) is 2.87. The van der Waals surface area contributed by atoms with Crippen LogP contribution in [-0.4, -0.2) is 30.4 Å². The van der Waals surface area contributed by atoms with Crippen LogP contribution in [0.4, 0.5) is 0 Å². The molecule has 5 rings (SSSR count). The minimum absolute atomic E-state index is 0.0601. The second-order valence-electron chi connectivity index (χ2n) is 8.59. The third-order valence-electron chi connectivity index (χ3n) is 6.37. The lowest BCUT2D eigenvalue weighted by Crippen LogP contribution is -2.38. The van der Waals surface area contributed by atoms with Crippen molar-refractivity contribution in [3.63, 3.8) is 0 Å². The quantitative estimate of drug-likeness (QED) is 0.558. The van der Waals surface area contributed by atoms with Gasteiger partial charge in [0, 0.05) is 31.6 Å². The maximum Gasteiger partial charge on any atom is 0.243 e. The van der Waals surface area contributed by atoms with Crippen molar-refractivity contribution in [2.45, 2.75) is 50.5 Å². The molecule has 2 aliphatic heterocycles. The summed E-state index contributed by atoms with van der Waals surface area (Å²) in [7, 11) is -3.69. The summed E-state index contributed by atoms with van der Waals surface area (Å²) >= 11 is 0. The van der Waals surface area contributed by atoms with Crippen LogP contribution in [0.3, 0.4) is 0 Å². The van der Waals surface area contributed by atoms with Crippen molar-refractivity contribution in [2.75, 3.05) is 6.54 Å². The van der Waals surface area contributed by atoms with Gasteiger partial charge in [-0.1, -0.05) is 18.2 Å². The first-order valence-electron chi connectivity index (χ1n) is 11.3. The average molecular weight is 476 g/mol. The van der Waals surface area contributed by atoms with Crippen LogP contribution < -0.4 is 4.74 Å². The number of para-hydroxylation sites is 1. The van der Waals surface area contributed by atoms with Crippen molar-refractivity contribution < 1.29 is 17.9 Å². The third-order valence-corrected chi connectivity index (χ3v) is 8.23. The van der Waals surface area contributed by atoms with E-state index in [2.05, 4.69) is 0 Å². The van der Waals surface area contributed by atoms with Crippen LogP contribution >= 0.6 is 0 Å². The molecule has 0 saturated carbocycles. The number of rotatable bonds is 5. The zero-order chi connectivity index (χ0) is 23.7. The number of nitriles is 1. The molecule has 3 aromatic rings. The third kappa shape index (κ3) is 4.30. The van der Waals surface area contributed by atoms with Crippen molar-refractivity contribution in [3.8, 4) is 11.8 Å². The van der Waals surface area contributed by atoms with Crippen molar-refractivity contribution in [1.29, 1.82) is 5.26 Å². The molecule has 1 aromatic heterocycles. The Morgan fingerprint density at radius 2 is 1.88 bits per heavy atom. The summed E-state index contributed by atoms with van der Waals surface area (Å²) < 4.78 is 40.1. The van der Waals surface area contributed by atoms with Gasteiger partial charge in [-0.25, -0.2) is 8.42 Å². The highest BCUT2D eigenvalue weighted by atomic mass is 32.2. The lowest BCUT2D eigenvalue weighted by Gasteiger charge is -2.33. The molecule has 0 radical (unpaired) electrons. The molecule has 34 heavy (non-hydrogen) atoms.